The smallest absolute Gasteiger partial charge is 0.236 e. The van der Waals surface area contributed by atoms with E-state index in [1.54, 1.807) is 6.07 Å². The molecule has 1 amide bonds. The Labute approximate surface area is 79.9 Å². The lowest BCUT2D eigenvalue weighted by Crippen LogP contribution is -2.21. The van der Waals surface area contributed by atoms with Gasteiger partial charge in [0.2, 0.25) is 5.91 Å². The third-order valence-electron chi connectivity index (χ3n) is 1.81. The summed E-state index contributed by atoms with van der Waals surface area (Å²) in [6, 6.07) is 7.38. The van der Waals surface area contributed by atoms with Crippen molar-refractivity contribution >= 4 is 22.7 Å². The number of rotatable bonds is 3. The van der Waals surface area contributed by atoms with Crippen molar-refractivity contribution in [1.82, 2.24) is 5.16 Å². The van der Waals surface area contributed by atoms with E-state index in [0.29, 0.717) is 11.4 Å². The molecule has 72 valence electrons. The van der Waals surface area contributed by atoms with E-state index in [4.69, 9.17) is 10.3 Å². The average molecular weight is 191 g/mol. The molecular formula is C9H9N3O2. The van der Waals surface area contributed by atoms with Gasteiger partial charge in [0, 0.05) is 0 Å². The summed E-state index contributed by atoms with van der Waals surface area (Å²) in [5.74, 6) is 0.108. The van der Waals surface area contributed by atoms with Gasteiger partial charge in [-0.1, -0.05) is 17.3 Å². The fourth-order valence-electron chi connectivity index (χ4n) is 1.18. The van der Waals surface area contributed by atoms with Crippen LogP contribution in [0.25, 0.3) is 11.0 Å². The van der Waals surface area contributed by atoms with Crippen LogP contribution < -0.4 is 11.1 Å². The van der Waals surface area contributed by atoms with Crippen molar-refractivity contribution in [2.75, 3.05) is 11.9 Å². The van der Waals surface area contributed by atoms with E-state index in [9.17, 15) is 4.79 Å². The molecule has 0 fully saturated rings. The molecule has 5 nitrogen and oxygen atoms in total. The summed E-state index contributed by atoms with van der Waals surface area (Å²) in [4.78, 5) is 10.5. The zero-order valence-electron chi connectivity index (χ0n) is 7.36. The Bertz CT molecular complexity index is 464. The van der Waals surface area contributed by atoms with Crippen molar-refractivity contribution in [3.63, 3.8) is 0 Å². The molecule has 0 aliphatic carbocycles. The molecule has 1 heterocycles. The number of primary amides is 1. The molecule has 1 aromatic heterocycles. The van der Waals surface area contributed by atoms with E-state index < -0.39 is 5.91 Å². The van der Waals surface area contributed by atoms with Crippen LogP contribution in [0.15, 0.2) is 28.8 Å². The van der Waals surface area contributed by atoms with Crippen LogP contribution >= 0.6 is 0 Å². The van der Waals surface area contributed by atoms with Crippen molar-refractivity contribution in [2.24, 2.45) is 5.73 Å². The number of carbonyl (C=O) groups is 1. The topological polar surface area (TPSA) is 81.2 Å². The lowest BCUT2D eigenvalue weighted by Gasteiger charge is -1.97. The highest BCUT2D eigenvalue weighted by molar-refractivity contribution is 5.89. The van der Waals surface area contributed by atoms with Gasteiger partial charge in [0.25, 0.3) is 0 Å². The number of hydrogen-bond acceptors (Lipinski definition) is 4. The minimum Gasteiger partial charge on any atom is -0.368 e. The van der Waals surface area contributed by atoms with Crippen LogP contribution in [0.5, 0.6) is 0 Å². The zero-order valence-corrected chi connectivity index (χ0v) is 7.36. The van der Waals surface area contributed by atoms with Gasteiger partial charge in [-0.25, -0.2) is 0 Å². The maximum Gasteiger partial charge on any atom is 0.236 e. The predicted octanol–water partition coefficient (Wildman–Crippen LogP) is 0.725. The molecule has 0 saturated carbocycles. The first kappa shape index (κ1) is 8.55. The average Bonchev–Trinajstić information content (AvgIpc) is 2.58. The molecule has 2 rings (SSSR count). The van der Waals surface area contributed by atoms with Gasteiger partial charge in [0.15, 0.2) is 11.4 Å². The molecule has 0 bridgehead atoms. The summed E-state index contributed by atoms with van der Waals surface area (Å²) in [6.45, 7) is 0.0521. The first-order valence-corrected chi connectivity index (χ1v) is 4.14. The number of carbonyl (C=O) groups excluding carboxylic acids is 1. The second-order valence-corrected chi connectivity index (χ2v) is 2.85. The number of nitrogens with zero attached hydrogens (tertiary/aromatic N) is 1. The van der Waals surface area contributed by atoms with Gasteiger partial charge in [-0.05, 0) is 12.1 Å². The molecule has 2 aromatic rings. The van der Waals surface area contributed by atoms with Gasteiger partial charge < -0.3 is 15.6 Å². The third kappa shape index (κ3) is 1.52. The van der Waals surface area contributed by atoms with E-state index in [1.165, 1.54) is 0 Å². The van der Waals surface area contributed by atoms with Crippen molar-refractivity contribution in [1.29, 1.82) is 0 Å². The molecule has 0 unspecified atom stereocenters. The Kier molecular flexibility index (Phi) is 2.06. The van der Waals surface area contributed by atoms with Crippen LogP contribution in [-0.2, 0) is 4.79 Å². The number of amides is 1. The van der Waals surface area contributed by atoms with Crippen molar-refractivity contribution in [3.05, 3.63) is 24.3 Å². The molecule has 14 heavy (non-hydrogen) atoms. The SMILES string of the molecule is NC(=O)CNc1noc2ccccc12. The van der Waals surface area contributed by atoms with Crippen LogP contribution in [0.4, 0.5) is 5.82 Å². The van der Waals surface area contributed by atoms with Crippen LogP contribution in [0.2, 0.25) is 0 Å². The number of nitrogens with one attached hydrogen (secondary N) is 1. The van der Waals surface area contributed by atoms with Crippen LogP contribution in [0, 0.1) is 0 Å². The van der Waals surface area contributed by atoms with E-state index >= 15 is 0 Å². The van der Waals surface area contributed by atoms with Crippen molar-refractivity contribution in [3.8, 4) is 0 Å². The van der Waals surface area contributed by atoms with Crippen molar-refractivity contribution < 1.29 is 9.32 Å². The Hall–Kier alpha value is -2.04. The summed E-state index contributed by atoms with van der Waals surface area (Å²) < 4.78 is 5.02. The molecule has 0 radical (unpaired) electrons. The predicted molar refractivity (Wildman–Crippen MR) is 51.7 cm³/mol. The van der Waals surface area contributed by atoms with Crippen LogP contribution in [0.1, 0.15) is 0 Å². The zero-order chi connectivity index (χ0) is 9.97. The van der Waals surface area contributed by atoms with E-state index in [0.717, 1.165) is 5.39 Å². The standard InChI is InChI=1S/C9H9N3O2/c10-8(13)5-11-9-6-3-1-2-4-7(6)14-12-9/h1-4H,5H2,(H2,10,13)(H,11,12). The Balaban J connectivity index is 2.29. The summed E-state index contributed by atoms with van der Waals surface area (Å²) in [6.07, 6.45) is 0. The normalized spacial score (nSPS) is 10.3. The number of aromatic nitrogens is 1. The number of benzene rings is 1. The van der Waals surface area contributed by atoms with Crippen LogP contribution in [-0.4, -0.2) is 17.6 Å². The monoisotopic (exact) mass is 191 g/mol. The highest BCUT2D eigenvalue weighted by atomic mass is 16.5. The first-order chi connectivity index (χ1) is 6.77. The second-order valence-electron chi connectivity index (χ2n) is 2.85. The summed E-state index contributed by atoms with van der Waals surface area (Å²) in [5.41, 5.74) is 5.67. The Morgan fingerprint density at radius 3 is 3.07 bits per heavy atom. The number of hydrogen-bond donors (Lipinski definition) is 2. The Morgan fingerprint density at radius 2 is 2.29 bits per heavy atom. The second kappa shape index (κ2) is 3.37. The van der Waals surface area contributed by atoms with E-state index in [1.807, 2.05) is 18.2 Å². The summed E-state index contributed by atoms with van der Waals surface area (Å²) >= 11 is 0. The van der Waals surface area contributed by atoms with E-state index in [2.05, 4.69) is 10.5 Å². The van der Waals surface area contributed by atoms with E-state index in [-0.39, 0.29) is 6.54 Å². The Morgan fingerprint density at radius 1 is 1.50 bits per heavy atom. The minimum absolute atomic E-state index is 0.0521. The summed E-state index contributed by atoms with van der Waals surface area (Å²) in [7, 11) is 0. The van der Waals surface area contributed by atoms with Crippen molar-refractivity contribution in [2.45, 2.75) is 0 Å². The fourth-order valence-corrected chi connectivity index (χ4v) is 1.18. The van der Waals surface area contributed by atoms with Crippen LogP contribution in [0.3, 0.4) is 0 Å². The van der Waals surface area contributed by atoms with Gasteiger partial charge in [-0.15, -0.1) is 0 Å². The van der Waals surface area contributed by atoms with Gasteiger partial charge in [-0.2, -0.15) is 0 Å². The largest absolute Gasteiger partial charge is 0.368 e. The fraction of sp³-hybridized carbons (Fsp3) is 0.111. The minimum atomic E-state index is -0.433. The highest BCUT2D eigenvalue weighted by Crippen LogP contribution is 2.21. The molecular weight excluding hydrogens is 182 g/mol. The first-order valence-electron chi connectivity index (χ1n) is 4.14. The lowest BCUT2D eigenvalue weighted by atomic mass is 10.2. The maximum atomic E-state index is 10.5. The molecule has 0 saturated heterocycles. The molecule has 0 atom stereocenters. The molecule has 0 spiro atoms. The highest BCUT2D eigenvalue weighted by Gasteiger charge is 2.06. The molecule has 0 aliphatic heterocycles. The van der Waals surface area contributed by atoms with Gasteiger partial charge in [0.1, 0.15) is 0 Å². The van der Waals surface area contributed by atoms with Gasteiger partial charge >= 0.3 is 0 Å². The molecule has 3 N–H and O–H groups in total. The van der Waals surface area contributed by atoms with Gasteiger partial charge in [-0.3, -0.25) is 4.79 Å². The lowest BCUT2D eigenvalue weighted by molar-refractivity contribution is -0.116. The number of fused-ring (bicyclic) bond motifs is 1. The number of anilines is 1. The molecule has 0 aliphatic rings. The molecule has 1 aromatic carbocycles. The quantitative estimate of drug-likeness (QED) is 0.749. The number of nitrogens with two attached hydrogens (primary N) is 1. The van der Waals surface area contributed by atoms with Gasteiger partial charge in [0.05, 0.1) is 11.9 Å². The maximum absolute atomic E-state index is 10.5. The molecule has 5 heteroatoms. The summed E-state index contributed by atoms with van der Waals surface area (Å²) in [5, 5.41) is 7.40. The number of para-hydroxylation sites is 1. The third-order valence-corrected chi connectivity index (χ3v) is 1.81.